The molecule has 3 heterocycles. The van der Waals surface area contributed by atoms with E-state index in [0.717, 1.165) is 34.1 Å². The van der Waals surface area contributed by atoms with Crippen molar-refractivity contribution < 1.29 is 19.7 Å². The molecule has 1 aliphatic carbocycles. The highest BCUT2D eigenvalue weighted by Gasteiger charge is 2.50. The third-order valence-electron chi connectivity index (χ3n) is 7.54. The van der Waals surface area contributed by atoms with E-state index < -0.39 is 23.7 Å². The molecule has 194 valence electrons. The Labute approximate surface area is 215 Å². The van der Waals surface area contributed by atoms with E-state index in [1.165, 1.54) is 0 Å². The van der Waals surface area contributed by atoms with Crippen LogP contribution in [0.5, 0.6) is 0 Å². The molecule has 0 bridgehead atoms. The molecule has 0 aliphatic heterocycles. The molecule has 4 atom stereocenters. The number of ether oxygens (including phenoxy) is 1. The average Bonchev–Trinajstić information content (AvgIpc) is 3.42. The number of benzene rings is 1. The van der Waals surface area contributed by atoms with Crippen LogP contribution in [-0.2, 0) is 11.2 Å². The molecule has 1 aliphatic rings. The second kappa shape index (κ2) is 9.99. The lowest BCUT2D eigenvalue weighted by Crippen LogP contribution is -2.34. The van der Waals surface area contributed by atoms with Gasteiger partial charge in [0.25, 0.3) is 0 Å². The molecule has 3 aromatic heterocycles. The van der Waals surface area contributed by atoms with E-state index in [2.05, 4.69) is 21.5 Å². The van der Waals surface area contributed by atoms with Gasteiger partial charge in [0.2, 0.25) is 0 Å². The van der Waals surface area contributed by atoms with Crippen molar-refractivity contribution in [3.05, 3.63) is 66.0 Å². The number of aliphatic hydroxyl groups is 2. The van der Waals surface area contributed by atoms with Gasteiger partial charge in [-0.25, -0.2) is 14.3 Å². The van der Waals surface area contributed by atoms with E-state index in [1.54, 1.807) is 22.8 Å². The fraction of sp³-hybridized carbons (Fsp3) is 0.393. The van der Waals surface area contributed by atoms with Crippen molar-refractivity contribution in [2.45, 2.75) is 57.7 Å². The highest BCUT2D eigenvalue weighted by molar-refractivity contribution is 5.87. The summed E-state index contributed by atoms with van der Waals surface area (Å²) < 4.78 is 6.84. The molecule has 0 unspecified atom stereocenters. The number of rotatable bonds is 7. The Morgan fingerprint density at radius 3 is 2.84 bits per heavy atom. The van der Waals surface area contributed by atoms with Crippen molar-refractivity contribution in [2.24, 2.45) is 5.41 Å². The summed E-state index contributed by atoms with van der Waals surface area (Å²) in [6.45, 7) is 4.32. The molecule has 1 amide bonds. The Morgan fingerprint density at radius 1 is 1.22 bits per heavy atom. The summed E-state index contributed by atoms with van der Waals surface area (Å²) in [5.74, 6) is 0.180. The largest absolute Gasteiger partial charge is 0.449 e. The van der Waals surface area contributed by atoms with Gasteiger partial charge in [0.05, 0.1) is 35.5 Å². The number of aryl methyl sites for hydroxylation is 1. The Bertz CT molecular complexity index is 1440. The van der Waals surface area contributed by atoms with Gasteiger partial charge in [0.1, 0.15) is 5.82 Å². The molecule has 1 aromatic carbocycles. The first kappa shape index (κ1) is 25.0. The van der Waals surface area contributed by atoms with Crippen LogP contribution in [0.25, 0.3) is 16.4 Å². The number of hydrogen-bond donors (Lipinski definition) is 4. The maximum atomic E-state index is 11.9. The van der Waals surface area contributed by atoms with Gasteiger partial charge in [-0.05, 0) is 73.1 Å². The van der Waals surface area contributed by atoms with Gasteiger partial charge in [-0.3, -0.25) is 5.32 Å². The Kier molecular flexibility index (Phi) is 6.74. The van der Waals surface area contributed by atoms with Crippen molar-refractivity contribution >= 4 is 34.0 Å². The fourth-order valence-electron chi connectivity index (χ4n) is 5.40. The molecule has 4 aromatic rings. The summed E-state index contributed by atoms with van der Waals surface area (Å²) >= 11 is 0. The average molecular weight is 504 g/mol. The first-order valence-corrected chi connectivity index (χ1v) is 12.7. The maximum Gasteiger partial charge on any atom is 0.412 e. The molecule has 1 saturated carbocycles. The third kappa shape index (κ3) is 4.84. The predicted molar refractivity (Wildman–Crippen MR) is 142 cm³/mol. The normalized spacial score (nSPS) is 23.5. The minimum Gasteiger partial charge on any atom is -0.449 e. The number of anilines is 2. The molecule has 0 spiro atoms. The number of hydrogen-bond acceptors (Lipinski definition) is 7. The van der Waals surface area contributed by atoms with Gasteiger partial charge in [-0.1, -0.05) is 26.0 Å². The molecule has 9 nitrogen and oxygen atoms in total. The van der Waals surface area contributed by atoms with Gasteiger partial charge in [0, 0.05) is 23.2 Å². The summed E-state index contributed by atoms with van der Waals surface area (Å²) in [6.07, 6.45) is 2.13. The van der Waals surface area contributed by atoms with E-state index in [-0.39, 0.29) is 5.92 Å². The number of aromatic nitrogens is 3. The van der Waals surface area contributed by atoms with Crippen LogP contribution in [0.2, 0.25) is 0 Å². The summed E-state index contributed by atoms with van der Waals surface area (Å²) in [7, 11) is 0. The minimum absolute atomic E-state index is 0.254. The SMILES string of the molecule is CCCOC(=O)Nc1ccc2ccc(CC[C@@]3(C)C[C@@H](c4ccc5c(N)ccnn45)[C@H](O)[C@@H]3O)cc2n1. The van der Waals surface area contributed by atoms with E-state index in [0.29, 0.717) is 37.4 Å². The lowest BCUT2D eigenvalue weighted by atomic mass is 9.80. The number of carbonyl (C=O) groups excluding carboxylic acids is 1. The van der Waals surface area contributed by atoms with Crippen LogP contribution in [0.1, 0.15) is 50.3 Å². The number of aliphatic hydroxyl groups excluding tert-OH is 2. The van der Waals surface area contributed by atoms with Crippen molar-refractivity contribution in [3.63, 3.8) is 0 Å². The van der Waals surface area contributed by atoms with Crippen molar-refractivity contribution in [3.8, 4) is 0 Å². The standard InChI is InChI=1S/C28H33N5O4/c1-3-14-37-27(36)32-24-9-6-18-5-4-17(15-21(18)31-24)10-12-28(2)16-19(25(34)26(28)35)22-7-8-23-20(29)11-13-30-33(22)23/h4-9,11,13,15,19,25-26,34-35H,3,10,12,14,16,29H2,1-2H3,(H,31,32,36)/t19-,25-,26-,28-/m0/s1. The predicted octanol–water partition coefficient (Wildman–Crippen LogP) is 4.27. The monoisotopic (exact) mass is 503 g/mol. The van der Waals surface area contributed by atoms with E-state index in [1.807, 2.05) is 44.2 Å². The van der Waals surface area contributed by atoms with Gasteiger partial charge < -0.3 is 20.7 Å². The second-order valence-corrected chi connectivity index (χ2v) is 10.2. The van der Waals surface area contributed by atoms with Crippen LogP contribution in [0, 0.1) is 5.41 Å². The number of nitrogens with zero attached hydrogens (tertiary/aromatic N) is 3. The quantitative estimate of drug-likeness (QED) is 0.296. The van der Waals surface area contributed by atoms with Gasteiger partial charge in [0.15, 0.2) is 0 Å². The Balaban J connectivity index is 1.31. The molecule has 1 fully saturated rings. The lowest BCUT2D eigenvalue weighted by molar-refractivity contribution is -0.0204. The third-order valence-corrected chi connectivity index (χ3v) is 7.54. The van der Waals surface area contributed by atoms with Crippen LogP contribution < -0.4 is 11.1 Å². The molecule has 37 heavy (non-hydrogen) atoms. The van der Waals surface area contributed by atoms with Gasteiger partial charge in [-0.15, -0.1) is 0 Å². The highest BCUT2D eigenvalue weighted by Crippen LogP contribution is 2.49. The minimum atomic E-state index is -0.898. The van der Waals surface area contributed by atoms with Gasteiger partial charge >= 0.3 is 6.09 Å². The molecular weight excluding hydrogens is 470 g/mol. The van der Waals surface area contributed by atoms with E-state index in [4.69, 9.17) is 10.5 Å². The number of fused-ring (bicyclic) bond motifs is 2. The number of nitrogens with one attached hydrogen (secondary N) is 1. The fourth-order valence-corrected chi connectivity index (χ4v) is 5.40. The highest BCUT2D eigenvalue weighted by atomic mass is 16.5. The summed E-state index contributed by atoms with van der Waals surface area (Å²) in [4.78, 5) is 16.5. The molecule has 5 N–H and O–H groups in total. The summed E-state index contributed by atoms with van der Waals surface area (Å²) in [6, 6.07) is 15.3. The zero-order valence-corrected chi connectivity index (χ0v) is 21.1. The number of nitrogen functional groups attached to an aromatic ring is 1. The van der Waals surface area contributed by atoms with Gasteiger partial charge in [-0.2, -0.15) is 5.10 Å². The van der Waals surface area contributed by atoms with Crippen molar-refractivity contribution in [1.29, 1.82) is 0 Å². The second-order valence-electron chi connectivity index (χ2n) is 10.2. The number of pyridine rings is 1. The van der Waals surface area contributed by atoms with Crippen LogP contribution in [0.4, 0.5) is 16.3 Å². The van der Waals surface area contributed by atoms with Crippen LogP contribution in [-0.4, -0.2) is 49.7 Å². The Morgan fingerprint density at radius 2 is 2.03 bits per heavy atom. The number of carbonyl (C=O) groups is 1. The van der Waals surface area contributed by atoms with E-state index >= 15 is 0 Å². The zero-order chi connectivity index (χ0) is 26.2. The van der Waals surface area contributed by atoms with Crippen molar-refractivity contribution in [2.75, 3.05) is 17.7 Å². The summed E-state index contributed by atoms with van der Waals surface area (Å²) in [5, 5.41) is 30.1. The number of amides is 1. The zero-order valence-electron chi connectivity index (χ0n) is 21.1. The van der Waals surface area contributed by atoms with Crippen LogP contribution in [0.3, 0.4) is 0 Å². The molecule has 0 radical (unpaired) electrons. The van der Waals surface area contributed by atoms with Crippen molar-refractivity contribution in [1.82, 2.24) is 14.6 Å². The molecular formula is C28H33N5O4. The Hall–Kier alpha value is -3.69. The lowest BCUT2D eigenvalue weighted by Gasteiger charge is -2.28. The van der Waals surface area contributed by atoms with E-state index in [9.17, 15) is 15.0 Å². The summed E-state index contributed by atoms with van der Waals surface area (Å²) in [5.41, 5.74) is 9.71. The topological polar surface area (TPSA) is 135 Å². The first-order valence-electron chi connectivity index (χ1n) is 12.7. The smallest absolute Gasteiger partial charge is 0.412 e. The first-order chi connectivity index (χ1) is 17.8. The van der Waals surface area contributed by atoms with Crippen LogP contribution in [0.15, 0.2) is 54.7 Å². The molecule has 9 heteroatoms. The number of nitrogens with two attached hydrogens (primary N) is 1. The maximum absolute atomic E-state index is 11.9. The van der Waals surface area contributed by atoms with Crippen LogP contribution >= 0.6 is 0 Å². The molecule has 0 saturated heterocycles. The molecule has 5 rings (SSSR count).